The van der Waals surface area contributed by atoms with Crippen LogP contribution in [-0.2, 0) is 16.1 Å². The fourth-order valence-electron chi connectivity index (χ4n) is 4.81. The van der Waals surface area contributed by atoms with Crippen LogP contribution in [0.2, 0.25) is 0 Å². The monoisotopic (exact) mass is 594 g/mol. The first-order valence-corrected chi connectivity index (χ1v) is 13.8. The molecule has 1 aliphatic heterocycles. The van der Waals surface area contributed by atoms with Gasteiger partial charge in [-0.2, -0.15) is 0 Å². The van der Waals surface area contributed by atoms with E-state index in [4.69, 9.17) is 18.9 Å². The molecule has 2 unspecified atom stereocenters. The highest BCUT2D eigenvalue weighted by atomic mass is 16.6. The summed E-state index contributed by atoms with van der Waals surface area (Å²) in [4.78, 5) is 33.2. The van der Waals surface area contributed by atoms with Crippen LogP contribution in [0.15, 0.2) is 72.8 Å². The van der Waals surface area contributed by atoms with Gasteiger partial charge in [0, 0.05) is 31.5 Å². The van der Waals surface area contributed by atoms with Gasteiger partial charge in [0.1, 0.15) is 24.2 Å². The topological polar surface area (TPSA) is 167 Å². The van der Waals surface area contributed by atoms with Crippen molar-refractivity contribution in [1.82, 2.24) is 4.90 Å². The summed E-state index contributed by atoms with van der Waals surface area (Å²) in [5.74, 6) is 0.689. The molecule has 0 aromatic heterocycles. The first kappa shape index (κ1) is 31.2. The normalized spacial score (nSPS) is 16.4. The van der Waals surface area contributed by atoms with Gasteiger partial charge in [-0.1, -0.05) is 42.5 Å². The second-order valence-corrected chi connectivity index (χ2v) is 9.84. The quantitative estimate of drug-likeness (QED) is 0.142. The SMILES string of the molecule is O=C([O-])N1CCC(c2ccc(OCCCOCc3ccccc3)cc2)C(OCCOc2ccc([N+](=O)[O-])c([N+](=O)[O-])c2)C1. The number of rotatable bonds is 15. The molecule has 1 heterocycles. The van der Waals surface area contributed by atoms with Gasteiger partial charge in [0.25, 0.3) is 0 Å². The van der Waals surface area contributed by atoms with Gasteiger partial charge in [-0.15, -0.1) is 0 Å². The number of amides is 1. The summed E-state index contributed by atoms with van der Waals surface area (Å²) in [6.07, 6.45) is -0.512. The summed E-state index contributed by atoms with van der Waals surface area (Å²) in [6.45, 7) is 2.09. The number of ether oxygens (including phenoxy) is 4. The number of likely N-dealkylation sites (tertiary alicyclic amines) is 1. The summed E-state index contributed by atoms with van der Waals surface area (Å²) < 4.78 is 23.1. The molecule has 2 atom stereocenters. The van der Waals surface area contributed by atoms with Gasteiger partial charge in [-0.05, 0) is 35.7 Å². The molecule has 3 aromatic rings. The van der Waals surface area contributed by atoms with Gasteiger partial charge < -0.3 is 33.7 Å². The molecule has 43 heavy (non-hydrogen) atoms. The maximum absolute atomic E-state index is 11.5. The Morgan fingerprint density at radius 2 is 1.53 bits per heavy atom. The third-order valence-electron chi connectivity index (χ3n) is 6.96. The summed E-state index contributed by atoms with van der Waals surface area (Å²) in [5.41, 5.74) is 0.776. The lowest BCUT2D eigenvalue weighted by atomic mass is 9.87. The smallest absolute Gasteiger partial charge is 0.349 e. The molecular weight excluding hydrogens is 562 g/mol. The van der Waals surface area contributed by atoms with E-state index in [-0.39, 0.29) is 31.4 Å². The number of carbonyl (C=O) groups excluding carboxylic acids is 1. The molecule has 0 bridgehead atoms. The van der Waals surface area contributed by atoms with E-state index in [1.807, 2.05) is 54.6 Å². The second-order valence-electron chi connectivity index (χ2n) is 9.84. The van der Waals surface area contributed by atoms with Crippen molar-refractivity contribution < 1.29 is 38.7 Å². The lowest BCUT2D eigenvalue weighted by Crippen LogP contribution is -2.51. The number of nitro benzene ring substituents is 2. The van der Waals surface area contributed by atoms with Crippen molar-refractivity contribution in [2.24, 2.45) is 0 Å². The van der Waals surface area contributed by atoms with E-state index < -0.39 is 33.4 Å². The van der Waals surface area contributed by atoms with Crippen molar-refractivity contribution in [2.45, 2.75) is 31.5 Å². The first-order chi connectivity index (χ1) is 20.8. The highest BCUT2D eigenvalue weighted by Gasteiger charge is 2.31. The molecule has 0 spiro atoms. The summed E-state index contributed by atoms with van der Waals surface area (Å²) in [6, 6.07) is 20.8. The molecular formula is C30H32N3O10-. The zero-order valence-electron chi connectivity index (χ0n) is 23.4. The molecule has 1 fully saturated rings. The Balaban J connectivity index is 1.27. The fourth-order valence-corrected chi connectivity index (χ4v) is 4.81. The van der Waals surface area contributed by atoms with Gasteiger partial charge in [0.15, 0.2) is 0 Å². The van der Waals surface area contributed by atoms with Gasteiger partial charge in [0.2, 0.25) is 0 Å². The van der Waals surface area contributed by atoms with Crippen LogP contribution in [0.25, 0.3) is 0 Å². The van der Waals surface area contributed by atoms with Crippen LogP contribution in [-0.4, -0.2) is 66.5 Å². The van der Waals surface area contributed by atoms with E-state index in [9.17, 15) is 30.1 Å². The Kier molecular flexibility index (Phi) is 11.2. The van der Waals surface area contributed by atoms with Crippen molar-refractivity contribution >= 4 is 17.5 Å². The predicted molar refractivity (Wildman–Crippen MR) is 152 cm³/mol. The largest absolute Gasteiger partial charge is 0.530 e. The maximum Gasteiger partial charge on any atom is 0.349 e. The standard InChI is InChI=1S/C30H33N3O10/c34-30(35)31-14-13-26(23-7-9-24(10-8-23)41-16-4-15-40-21-22-5-2-1-3-6-22)29(20-31)43-18-17-42-25-11-12-27(32(36)37)28(19-25)33(38)39/h1-3,5-12,19,26,29H,4,13-18,20-21H2,(H,34,35)/p-1. The van der Waals surface area contributed by atoms with Crippen LogP contribution >= 0.6 is 0 Å². The number of carbonyl (C=O) groups is 1. The molecule has 3 aromatic carbocycles. The van der Waals surface area contributed by atoms with Crippen LogP contribution in [0.4, 0.5) is 16.2 Å². The molecule has 228 valence electrons. The van der Waals surface area contributed by atoms with Crippen LogP contribution < -0.4 is 14.6 Å². The number of hydrogen-bond acceptors (Lipinski definition) is 10. The zero-order valence-corrected chi connectivity index (χ0v) is 23.4. The Hall–Kier alpha value is -4.75. The van der Waals surface area contributed by atoms with E-state index in [1.54, 1.807) is 0 Å². The lowest BCUT2D eigenvalue weighted by Gasteiger charge is -2.40. The van der Waals surface area contributed by atoms with Crippen molar-refractivity contribution in [2.75, 3.05) is 39.5 Å². The number of nitrogens with zero attached hydrogens (tertiary/aromatic N) is 3. The molecule has 0 aliphatic carbocycles. The highest BCUT2D eigenvalue weighted by Crippen LogP contribution is 2.32. The van der Waals surface area contributed by atoms with E-state index in [1.165, 1.54) is 11.0 Å². The second kappa shape index (κ2) is 15.5. The molecule has 0 N–H and O–H groups in total. The molecule has 1 amide bonds. The molecule has 4 rings (SSSR count). The van der Waals surface area contributed by atoms with Crippen LogP contribution in [0.5, 0.6) is 11.5 Å². The van der Waals surface area contributed by atoms with E-state index in [0.717, 1.165) is 29.7 Å². The number of carboxylic acid groups (broad SMARTS) is 1. The molecule has 13 heteroatoms. The van der Waals surface area contributed by atoms with Crippen molar-refractivity contribution in [1.29, 1.82) is 0 Å². The molecule has 1 saturated heterocycles. The minimum Gasteiger partial charge on any atom is -0.530 e. The number of nitro groups is 2. The summed E-state index contributed by atoms with van der Waals surface area (Å²) in [7, 11) is 0. The van der Waals surface area contributed by atoms with Gasteiger partial charge in [-0.25, -0.2) is 0 Å². The maximum atomic E-state index is 11.5. The molecule has 13 nitrogen and oxygen atoms in total. The highest BCUT2D eigenvalue weighted by molar-refractivity contribution is 5.62. The Labute approximate surface area is 247 Å². The van der Waals surface area contributed by atoms with Crippen LogP contribution in [0.3, 0.4) is 0 Å². The third-order valence-corrected chi connectivity index (χ3v) is 6.96. The Morgan fingerprint density at radius 1 is 0.837 bits per heavy atom. The average Bonchev–Trinajstić information content (AvgIpc) is 3.01. The van der Waals surface area contributed by atoms with Crippen molar-refractivity contribution in [3.05, 3.63) is 104 Å². The minimum absolute atomic E-state index is 0.00858. The summed E-state index contributed by atoms with van der Waals surface area (Å²) in [5, 5.41) is 33.7. The Morgan fingerprint density at radius 3 is 2.23 bits per heavy atom. The number of hydrogen-bond donors (Lipinski definition) is 0. The van der Waals surface area contributed by atoms with E-state index in [0.29, 0.717) is 38.5 Å². The lowest BCUT2D eigenvalue weighted by molar-refractivity contribution is -0.422. The predicted octanol–water partition coefficient (Wildman–Crippen LogP) is 4.09. The van der Waals surface area contributed by atoms with Gasteiger partial charge in [0.05, 0.1) is 48.4 Å². The van der Waals surface area contributed by atoms with Crippen LogP contribution in [0, 0.1) is 20.2 Å². The first-order valence-electron chi connectivity index (χ1n) is 13.8. The zero-order chi connectivity index (χ0) is 30.6. The van der Waals surface area contributed by atoms with E-state index >= 15 is 0 Å². The molecule has 1 aliphatic rings. The molecule has 0 radical (unpaired) electrons. The molecule has 0 saturated carbocycles. The average molecular weight is 595 g/mol. The number of piperidine rings is 1. The third kappa shape index (κ3) is 9.12. The van der Waals surface area contributed by atoms with E-state index in [2.05, 4.69) is 0 Å². The Bertz CT molecular complexity index is 1370. The summed E-state index contributed by atoms with van der Waals surface area (Å²) >= 11 is 0. The minimum atomic E-state index is -1.28. The van der Waals surface area contributed by atoms with Crippen molar-refractivity contribution in [3.8, 4) is 11.5 Å². The van der Waals surface area contributed by atoms with Gasteiger partial charge >= 0.3 is 11.4 Å². The van der Waals surface area contributed by atoms with Crippen LogP contribution in [0.1, 0.15) is 29.9 Å². The van der Waals surface area contributed by atoms with Crippen molar-refractivity contribution in [3.63, 3.8) is 0 Å². The number of benzene rings is 3. The fraction of sp³-hybridized carbons (Fsp3) is 0.367. The van der Waals surface area contributed by atoms with Gasteiger partial charge in [-0.3, -0.25) is 20.2 Å².